The maximum atomic E-state index is 12.8. The number of rotatable bonds is 4. The smallest absolute Gasteiger partial charge is 0.271 e. The Hall–Kier alpha value is -0.420. The Morgan fingerprint density at radius 3 is 2.60 bits per heavy atom. The first-order valence-electron chi connectivity index (χ1n) is 4.21. The van der Waals surface area contributed by atoms with Crippen molar-refractivity contribution in [2.24, 2.45) is 5.84 Å². The Morgan fingerprint density at radius 2 is 2.13 bits per heavy atom. The molecule has 0 saturated heterocycles. The third kappa shape index (κ3) is 3.91. The molecule has 1 aromatic carbocycles. The Labute approximate surface area is 96.3 Å². The van der Waals surface area contributed by atoms with Crippen LogP contribution in [0.2, 0.25) is 5.02 Å². The number of alkyl halides is 3. The van der Waals surface area contributed by atoms with Crippen molar-refractivity contribution in [3.05, 3.63) is 34.9 Å². The third-order valence-electron chi connectivity index (χ3n) is 1.93. The number of halogens is 4. The van der Waals surface area contributed by atoms with Gasteiger partial charge in [-0.1, -0.05) is 23.7 Å². The summed E-state index contributed by atoms with van der Waals surface area (Å²) < 4.78 is 25.5. The molecular weight excluding hydrogens is 245 g/mol. The van der Waals surface area contributed by atoms with Gasteiger partial charge in [0.05, 0.1) is 0 Å². The molecule has 6 heteroatoms. The molecule has 0 amide bonds. The summed E-state index contributed by atoms with van der Waals surface area (Å²) in [6.45, 7) is 0. The second-order valence-corrected chi connectivity index (χ2v) is 4.04. The van der Waals surface area contributed by atoms with Gasteiger partial charge in [-0.15, -0.1) is 0 Å². The van der Waals surface area contributed by atoms with E-state index in [1.165, 1.54) is 0 Å². The lowest BCUT2D eigenvalue weighted by molar-refractivity contribution is 0.0503. The van der Waals surface area contributed by atoms with E-state index in [4.69, 9.17) is 29.0 Å². The molecule has 0 spiro atoms. The van der Waals surface area contributed by atoms with E-state index in [9.17, 15) is 8.78 Å². The zero-order valence-electron chi connectivity index (χ0n) is 7.68. The summed E-state index contributed by atoms with van der Waals surface area (Å²) in [5.41, 5.74) is 2.63. The van der Waals surface area contributed by atoms with Gasteiger partial charge in [0.25, 0.3) is 0 Å². The van der Waals surface area contributed by atoms with Gasteiger partial charge in [0, 0.05) is 5.02 Å². The Kier molecular flexibility index (Phi) is 4.28. The molecule has 0 bridgehead atoms. The number of hydrogen-bond donors (Lipinski definition) is 2. The molecule has 0 aromatic heterocycles. The minimum Gasteiger partial charge on any atom is -0.271 e. The minimum atomic E-state index is -3.39. The van der Waals surface area contributed by atoms with Crippen LogP contribution in [0.5, 0.6) is 0 Å². The standard InChI is InChI=1S/C9H10Cl2F2N2/c10-7-3-1-2-6(4-7)5-8(15-14)9(11,12)13/h1-4,8,15H,5,14H2. The number of nitrogens with two attached hydrogens (primary N) is 1. The molecule has 3 N–H and O–H groups in total. The zero-order chi connectivity index (χ0) is 11.5. The molecule has 1 unspecified atom stereocenters. The zero-order valence-corrected chi connectivity index (χ0v) is 9.19. The van der Waals surface area contributed by atoms with E-state index in [0.717, 1.165) is 0 Å². The van der Waals surface area contributed by atoms with Crippen molar-refractivity contribution in [3.63, 3.8) is 0 Å². The lowest BCUT2D eigenvalue weighted by Gasteiger charge is -2.20. The van der Waals surface area contributed by atoms with Gasteiger partial charge >= 0.3 is 5.38 Å². The molecule has 2 nitrogen and oxygen atoms in total. The summed E-state index contributed by atoms with van der Waals surface area (Å²) in [4.78, 5) is 0. The van der Waals surface area contributed by atoms with Crippen LogP contribution in [0, 0.1) is 0 Å². The maximum Gasteiger partial charge on any atom is 0.338 e. The van der Waals surface area contributed by atoms with Gasteiger partial charge in [-0.25, -0.2) is 5.43 Å². The van der Waals surface area contributed by atoms with Gasteiger partial charge in [0.2, 0.25) is 0 Å². The Balaban J connectivity index is 2.76. The molecule has 0 radical (unpaired) electrons. The van der Waals surface area contributed by atoms with Crippen molar-refractivity contribution < 1.29 is 8.78 Å². The van der Waals surface area contributed by atoms with Crippen LogP contribution < -0.4 is 11.3 Å². The van der Waals surface area contributed by atoms with Gasteiger partial charge in [0.15, 0.2) is 0 Å². The highest BCUT2D eigenvalue weighted by Crippen LogP contribution is 2.26. The van der Waals surface area contributed by atoms with Crippen molar-refractivity contribution in [3.8, 4) is 0 Å². The third-order valence-corrected chi connectivity index (χ3v) is 2.42. The van der Waals surface area contributed by atoms with Gasteiger partial charge in [-0.2, -0.15) is 8.78 Å². The second kappa shape index (κ2) is 5.07. The number of hydrogen-bond acceptors (Lipinski definition) is 2. The quantitative estimate of drug-likeness (QED) is 0.493. The molecule has 1 rings (SSSR count). The van der Waals surface area contributed by atoms with Gasteiger partial charge in [0.1, 0.15) is 6.04 Å². The Morgan fingerprint density at radius 1 is 1.47 bits per heavy atom. The molecule has 15 heavy (non-hydrogen) atoms. The van der Waals surface area contributed by atoms with Crippen LogP contribution in [0.1, 0.15) is 5.56 Å². The van der Waals surface area contributed by atoms with Crippen LogP contribution in [0.4, 0.5) is 8.78 Å². The van der Waals surface area contributed by atoms with Gasteiger partial charge < -0.3 is 0 Å². The van der Waals surface area contributed by atoms with Crippen molar-refractivity contribution in [2.45, 2.75) is 17.8 Å². The van der Waals surface area contributed by atoms with Crippen molar-refractivity contribution >= 4 is 23.2 Å². The fourth-order valence-corrected chi connectivity index (χ4v) is 1.52. The van der Waals surface area contributed by atoms with Crippen LogP contribution in [-0.2, 0) is 6.42 Å². The lowest BCUT2D eigenvalue weighted by atomic mass is 10.1. The van der Waals surface area contributed by atoms with E-state index in [1.54, 1.807) is 24.3 Å². The first-order chi connectivity index (χ1) is 6.93. The van der Waals surface area contributed by atoms with Crippen molar-refractivity contribution in [1.82, 2.24) is 5.43 Å². The predicted molar refractivity (Wildman–Crippen MR) is 57.1 cm³/mol. The molecule has 0 heterocycles. The van der Waals surface area contributed by atoms with E-state index >= 15 is 0 Å². The molecule has 0 aliphatic rings. The molecule has 84 valence electrons. The summed E-state index contributed by atoms with van der Waals surface area (Å²) in [6.07, 6.45) is 0.00750. The molecular formula is C9H10Cl2F2N2. The van der Waals surface area contributed by atoms with E-state index in [2.05, 4.69) is 0 Å². The van der Waals surface area contributed by atoms with Gasteiger partial charge in [-0.3, -0.25) is 5.84 Å². The molecule has 0 fully saturated rings. The first kappa shape index (κ1) is 12.6. The summed E-state index contributed by atoms with van der Waals surface area (Å²) in [7, 11) is 0. The van der Waals surface area contributed by atoms with Crippen LogP contribution in [-0.4, -0.2) is 11.4 Å². The fraction of sp³-hybridized carbons (Fsp3) is 0.333. The molecule has 0 saturated carbocycles. The second-order valence-electron chi connectivity index (χ2n) is 3.09. The highest BCUT2D eigenvalue weighted by molar-refractivity contribution is 6.30. The predicted octanol–water partition coefficient (Wildman–Crippen LogP) is 2.55. The summed E-state index contributed by atoms with van der Waals surface area (Å²) in [5, 5.41) is -2.90. The molecule has 0 aliphatic carbocycles. The average molecular weight is 255 g/mol. The monoisotopic (exact) mass is 254 g/mol. The molecule has 0 aliphatic heterocycles. The topological polar surface area (TPSA) is 38.0 Å². The summed E-state index contributed by atoms with van der Waals surface area (Å²) >= 11 is 10.6. The SMILES string of the molecule is NNC(Cc1cccc(Cl)c1)C(F)(F)Cl. The van der Waals surface area contributed by atoms with Crippen LogP contribution in [0.3, 0.4) is 0 Å². The van der Waals surface area contributed by atoms with Crippen molar-refractivity contribution in [2.75, 3.05) is 0 Å². The van der Waals surface area contributed by atoms with E-state index in [-0.39, 0.29) is 6.42 Å². The highest BCUT2D eigenvalue weighted by atomic mass is 35.5. The van der Waals surface area contributed by atoms with Gasteiger partial charge in [-0.05, 0) is 35.7 Å². The number of benzene rings is 1. The first-order valence-corrected chi connectivity index (χ1v) is 4.96. The number of hydrazine groups is 1. The highest BCUT2D eigenvalue weighted by Gasteiger charge is 2.36. The van der Waals surface area contributed by atoms with Crippen LogP contribution in [0.15, 0.2) is 24.3 Å². The summed E-state index contributed by atoms with van der Waals surface area (Å²) in [5.74, 6) is 5.00. The Bertz CT molecular complexity index is 328. The van der Waals surface area contributed by atoms with Crippen LogP contribution in [0.25, 0.3) is 0 Å². The number of nitrogens with one attached hydrogen (secondary N) is 1. The van der Waals surface area contributed by atoms with E-state index in [0.29, 0.717) is 10.6 Å². The molecule has 1 aromatic rings. The van der Waals surface area contributed by atoms with E-state index < -0.39 is 11.4 Å². The molecule has 1 atom stereocenters. The van der Waals surface area contributed by atoms with E-state index in [1.807, 2.05) is 5.43 Å². The van der Waals surface area contributed by atoms with Crippen molar-refractivity contribution in [1.29, 1.82) is 0 Å². The maximum absolute atomic E-state index is 12.8. The fourth-order valence-electron chi connectivity index (χ4n) is 1.17. The minimum absolute atomic E-state index is 0.00750. The lowest BCUT2D eigenvalue weighted by Crippen LogP contribution is -2.46. The summed E-state index contributed by atoms with van der Waals surface area (Å²) in [6, 6.07) is 5.29. The average Bonchev–Trinajstić information content (AvgIpc) is 2.12. The largest absolute Gasteiger partial charge is 0.338 e. The van der Waals surface area contributed by atoms with Crippen LogP contribution >= 0.6 is 23.2 Å². The normalized spacial score (nSPS) is 13.9.